The molecule has 2 N–H and O–H groups in total. The minimum atomic E-state index is -3.49. The monoisotopic (exact) mass is 309 g/mol. The molecule has 0 fully saturated rings. The SMILES string of the molecule is CNCc1ccccc1S(=O)(=O)NCCCn1ccnn1. The Bertz CT molecular complexity index is 655. The Labute approximate surface area is 124 Å². The number of benzene rings is 1. The molecule has 1 heterocycles. The molecule has 0 bridgehead atoms. The molecule has 7 nitrogen and oxygen atoms in total. The van der Waals surface area contributed by atoms with Crippen molar-refractivity contribution < 1.29 is 8.42 Å². The molecule has 0 spiro atoms. The minimum Gasteiger partial charge on any atom is -0.316 e. The Morgan fingerprint density at radius 2 is 2.10 bits per heavy atom. The van der Waals surface area contributed by atoms with E-state index in [4.69, 9.17) is 0 Å². The maximum Gasteiger partial charge on any atom is 0.240 e. The fourth-order valence-electron chi connectivity index (χ4n) is 1.98. The molecule has 2 rings (SSSR count). The van der Waals surface area contributed by atoms with E-state index in [1.165, 1.54) is 0 Å². The average Bonchev–Trinajstić information content (AvgIpc) is 2.98. The summed E-state index contributed by atoms with van der Waals surface area (Å²) in [5.41, 5.74) is 0.753. The predicted molar refractivity (Wildman–Crippen MR) is 79.0 cm³/mol. The van der Waals surface area contributed by atoms with Crippen molar-refractivity contribution in [3.05, 3.63) is 42.2 Å². The van der Waals surface area contributed by atoms with E-state index in [0.29, 0.717) is 31.0 Å². The molecule has 21 heavy (non-hydrogen) atoms. The van der Waals surface area contributed by atoms with Crippen LogP contribution in [0, 0.1) is 0 Å². The van der Waals surface area contributed by atoms with Crippen LogP contribution in [0.25, 0.3) is 0 Å². The van der Waals surface area contributed by atoms with Crippen LogP contribution >= 0.6 is 0 Å². The van der Waals surface area contributed by atoms with Gasteiger partial charge in [-0.15, -0.1) is 5.10 Å². The smallest absolute Gasteiger partial charge is 0.240 e. The maximum atomic E-state index is 12.3. The molecule has 0 aliphatic carbocycles. The van der Waals surface area contributed by atoms with Gasteiger partial charge < -0.3 is 5.32 Å². The molecule has 0 saturated carbocycles. The number of sulfonamides is 1. The summed E-state index contributed by atoms with van der Waals surface area (Å²) < 4.78 is 28.9. The molecule has 1 aromatic heterocycles. The van der Waals surface area contributed by atoms with E-state index in [0.717, 1.165) is 5.56 Å². The van der Waals surface area contributed by atoms with Crippen molar-refractivity contribution in [3.63, 3.8) is 0 Å². The van der Waals surface area contributed by atoms with E-state index in [9.17, 15) is 8.42 Å². The molecule has 1 aromatic carbocycles. The quantitative estimate of drug-likeness (QED) is 0.688. The van der Waals surface area contributed by atoms with E-state index in [2.05, 4.69) is 20.4 Å². The second-order valence-corrected chi connectivity index (χ2v) is 6.29. The maximum absolute atomic E-state index is 12.3. The van der Waals surface area contributed by atoms with Gasteiger partial charge in [-0.2, -0.15) is 0 Å². The van der Waals surface area contributed by atoms with Crippen LogP contribution in [0.5, 0.6) is 0 Å². The third-order valence-corrected chi connectivity index (χ3v) is 4.52. The van der Waals surface area contributed by atoms with Gasteiger partial charge in [0, 0.05) is 25.8 Å². The number of rotatable bonds is 8. The lowest BCUT2D eigenvalue weighted by molar-refractivity contribution is 0.541. The van der Waals surface area contributed by atoms with Gasteiger partial charge in [0.2, 0.25) is 10.0 Å². The van der Waals surface area contributed by atoms with E-state index in [-0.39, 0.29) is 0 Å². The van der Waals surface area contributed by atoms with Crippen LogP contribution in [0.4, 0.5) is 0 Å². The molecular weight excluding hydrogens is 290 g/mol. The van der Waals surface area contributed by atoms with Gasteiger partial charge in [0.1, 0.15) is 0 Å². The van der Waals surface area contributed by atoms with Crippen molar-refractivity contribution in [2.45, 2.75) is 24.4 Å². The highest BCUT2D eigenvalue weighted by Gasteiger charge is 2.16. The summed E-state index contributed by atoms with van der Waals surface area (Å²) in [6.45, 7) is 1.49. The second-order valence-electron chi connectivity index (χ2n) is 4.56. The lowest BCUT2D eigenvalue weighted by Crippen LogP contribution is -2.27. The Morgan fingerprint density at radius 1 is 1.29 bits per heavy atom. The van der Waals surface area contributed by atoms with Crippen LogP contribution in [0.2, 0.25) is 0 Å². The van der Waals surface area contributed by atoms with Crippen molar-refractivity contribution in [2.75, 3.05) is 13.6 Å². The lowest BCUT2D eigenvalue weighted by Gasteiger charge is -2.11. The number of nitrogens with zero attached hydrogens (tertiary/aromatic N) is 3. The Morgan fingerprint density at radius 3 is 2.81 bits per heavy atom. The van der Waals surface area contributed by atoms with E-state index < -0.39 is 10.0 Å². The fourth-order valence-corrected chi connectivity index (χ4v) is 3.29. The van der Waals surface area contributed by atoms with Gasteiger partial charge in [0.05, 0.1) is 11.1 Å². The predicted octanol–water partition coefficient (Wildman–Crippen LogP) is 0.366. The third-order valence-electron chi connectivity index (χ3n) is 2.96. The van der Waals surface area contributed by atoms with E-state index in [1.807, 2.05) is 6.07 Å². The summed E-state index contributed by atoms with van der Waals surface area (Å²) in [4.78, 5) is 0.320. The first-order valence-electron chi connectivity index (χ1n) is 6.70. The van der Waals surface area contributed by atoms with Crippen LogP contribution in [-0.2, 0) is 23.1 Å². The minimum absolute atomic E-state index is 0.320. The number of aromatic nitrogens is 3. The van der Waals surface area contributed by atoms with Gasteiger partial charge >= 0.3 is 0 Å². The van der Waals surface area contributed by atoms with Gasteiger partial charge in [-0.25, -0.2) is 13.1 Å². The summed E-state index contributed by atoms with van der Waals surface area (Å²) in [5, 5.41) is 10.5. The zero-order chi connectivity index (χ0) is 15.1. The highest BCUT2D eigenvalue weighted by molar-refractivity contribution is 7.89. The Kier molecular flexibility index (Phi) is 5.43. The van der Waals surface area contributed by atoms with E-state index >= 15 is 0 Å². The molecule has 0 unspecified atom stereocenters. The van der Waals surface area contributed by atoms with Gasteiger partial charge in [0.25, 0.3) is 0 Å². The van der Waals surface area contributed by atoms with E-state index in [1.54, 1.807) is 42.3 Å². The summed E-state index contributed by atoms with van der Waals surface area (Å²) in [5.74, 6) is 0. The first-order chi connectivity index (χ1) is 10.1. The average molecular weight is 309 g/mol. The van der Waals surface area contributed by atoms with Gasteiger partial charge in [-0.1, -0.05) is 23.4 Å². The highest BCUT2D eigenvalue weighted by atomic mass is 32.2. The summed E-state index contributed by atoms with van der Waals surface area (Å²) in [6, 6.07) is 6.98. The number of hydrogen-bond donors (Lipinski definition) is 2. The van der Waals surface area contributed by atoms with Crippen molar-refractivity contribution >= 4 is 10.0 Å². The number of hydrogen-bond acceptors (Lipinski definition) is 5. The summed E-state index contributed by atoms with van der Waals surface area (Å²) in [7, 11) is -1.70. The number of nitrogens with one attached hydrogen (secondary N) is 2. The highest BCUT2D eigenvalue weighted by Crippen LogP contribution is 2.14. The fraction of sp³-hybridized carbons (Fsp3) is 0.385. The first kappa shape index (κ1) is 15.6. The zero-order valence-electron chi connectivity index (χ0n) is 11.9. The summed E-state index contributed by atoms with van der Waals surface area (Å²) in [6.07, 6.45) is 3.99. The second kappa shape index (κ2) is 7.30. The van der Waals surface area contributed by atoms with Gasteiger partial charge in [-0.05, 0) is 25.1 Å². The normalized spacial score (nSPS) is 11.7. The molecule has 0 atom stereocenters. The van der Waals surface area contributed by atoms with Crippen molar-refractivity contribution in [1.82, 2.24) is 25.0 Å². The van der Waals surface area contributed by atoms with Crippen molar-refractivity contribution in [3.8, 4) is 0 Å². The standard InChI is InChI=1S/C13H19N5O2S/c1-14-11-12-5-2-3-6-13(12)21(19,20)16-7-4-9-18-10-8-15-17-18/h2-3,5-6,8,10,14,16H,4,7,9,11H2,1H3. The molecule has 0 saturated heterocycles. The largest absolute Gasteiger partial charge is 0.316 e. The van der Waals surface area contributed by atoms with Crippen LogP contribution in [0.1, 0.15) is 12.0 Å². The van der Waals surface area contributed by atoms with Crippen molar-refractivity contribution in [1.29, 1.82) is 0 Å². The Balaban J connectivity index is 1.95. The first-order valence-corrected chi connectivity index (χ1v) is 8.18. The molecule has 114 valence electrons. The summed E-state index contributed by atoms with van der Waals surface area (Å²) >= 11 is 0. The van der Waals surface area contributed by atoms with Gasteiger partial charge in [0.15, 0.2) is 0 Å². The molecule has 0 aliphatic heterocycles. The van der Waals surface area contributed by atoms with Crippen LogP contribution in [0.3, 0.4) is 0 Å². The molecule has 8 heteroatoms. The Hall–Kier alpha value is -1.77. The lowest BCUT2D eigenvalue weighted by atomic mass is 10.2. The van der Waals surface area contributed by atoms with Crippen LogP contribution in [0.15, 0.2) is 41.6 Å². The van der Waals surface area contributed by atoms with Crippen LogP contribution < -0.4 is 10.0 Å². The molecule has 0 amide bonds. The van der Waals surface area contributed by atoms with Crippen LogP contribution in [-0.4, -0.2) is 37.0 Å². The molecular formula is C13H19N5O2S. The number of aryl methyl sites for hydroxylation is 1. The molecule has 0 aliphatic rings. The van der Waals surface area contributed by atoms with Gasteiger partial charge in [-0.3, -0.25) is 4.68 Å². The topological polar surface area (TPSA) is 88.9 Å². The third kappa shape index (κ3) is 4.35. The van der Waals surface area contributed by atoms with Crippen molar-refractivity contribution in [2.24, 2.45) is 0 Å². The molecule has 2 aromatic rings. The zero-order valence-corrected chi connectivity index (χ0v) is 12.7. The molecule has 0 radical (unpaired) electrons.